The maximum Gasteiger partial charge on any atom is 0.206 e. The summed E-state index contributed by atoms with van der Waals surface area (Å²) in [4.78, 5) is 10.8. The molecule has 0 aliphatic rings. The number of nitrogen functional groups attached to an aromatic ring is 1. The quantitative estimate of drug-likeness (QED) is 0.517. The largest absolute Gasteiger partial charge is 0.390 e. The van der Waals surface area contributed by atoms with Gasteiger partial charge in [0, 0.05) is 18.7 Å². The Balaban J connectivity index is 2.51. The van der Waals surface area contributed by atoms with Gasteiger partial charge in [-0.2, -0.15) is 0 Å². The number of hydrogen-bond donors (Lipinski definition) is 2. The summed E-state index contributed by atoms with van der Waals surface area (Å²) in [6.45, 7) is 8.00. The monoisotopic (exact) mass is 388 g/mol. The zero-order valence-electron chi connectivity index (χ0n) is 15.8. The molecule has 1 aromatic carbocycles. The molecule has 140 valence electrons. The van der Waals surface area contributed by atoms with Crippen LogP contribution in [0.25, 0.3) is 11.3 Å². The summed E-state index contributed by atoms with van der Waals surface area (Å²) in [5.74, 6) is 0. The van der Waals surface area contributed by atoms with E-state index in [1.54, 1.807) is 0 Å². The molecule has 0 atom stereocenters. The summed E-state index contributed by atoms with van der Waals surface area (Å²) in [5.41, 5.74) is 10.2. The predicted molar refractivity (Wildman–Crippen MR) is 117 cm³/mol. The molecule has 6 heteroatoms. The SMILES string of the molecule is CCCCN=c1nc(-c2cccc(C)c2)c(C(=S)NCCCC)c(N)s1. The Bertz CT molecular complexity index is 812. The minimum atomic E-state index is 0.663. The van der Waals surface area contributed by atoms with Gasteiger partial charge in [-0.3, -0.25) is 4.99 Å². The smallest absolute Gasteiger partial charge is 0.206 e. The fourth-order valence-electron chi connectivity index (χ4n) is 2.53. The van der Waals surface area contributed by atoms with Crippen LogP contribution in [-0.4, -0.2) is 23.1 Å². The number of aryl methyl sites for hydroxylation is 1. The van der Waals surface area contributed by atoms with Gasteiger partial charge < -0.3 is 11.1 Å². The normalized spacial score (nSPS) is 11.6. The number of nitrogens with one attached hydrogen (secondary N) is 1. The molecule has 0 saturated heterocycles. The Labute approximate surface area is 165 Å². The van der Waals surface area contributed by atoms with E-state index in [2.05, 4.69) is 43.2 Å². The van der Waals surface area contributed by atoms with E-state index in [0.29, 0.717) is 14.8 Å². The van der Waals surface area contributed by atoms with Crippen molar-refractivity contribution >= 4 is 33.5 Å². The van der Waals surface area contributed by atoms with E-state index in [-0.39, 0.29) is 0 Å². The number of nitrogens with two attached hydrogens (primary N) is 1. The lowest BCUT2D eigenvalue weighted by atomic mass is 10.0. The van der Waals surface area contributed by atoms with Gasteiger partial charge in [-0.25, -0.2) is 4.98 Å². The summed E-state index contributed by atoms with van der Waals surface area (Å²) in [6, 6.07) is 8.26. The van der Waals surface area contributed by atoms with Crippen LogP contribution in [0.1, 0.15) is 50.7 Å². The van der Waals surface area contributed by atoms with Crippen molar-refractivity contribution in [2.45, 2.75) is 46.5 Å². The maximum absolute atomic E-state index is 6.40. The number of hydrogen-bond acceptors (Lipinski definition) is 5. The molecule has 4 nitrogen and oxygen atoms in total. The first kappa shape index (κ1) is 20.5. The number of anilines is 1. The molecule has 0 spiro atoms. The van der Waals surface area contributed by atoms with Crippen LogP contribution in [0.5, 0.6) is 0 Å². The Hall–Kier alpha value is -1.79. The standard InChI is InChI=1S/C20H28N4S2/c1-4-6-11-22-19(25)16-17(15-10-8-9-14(3)13-15)24-20(26-18(16)21)23-12-7-5-2/h8-10,13H,4-7,11-12,21H2,1-3H3,(H,22,25). The topological polar surface area (TPSA) is 63.3 Å². The van der Waals surface area contributed by atoms with E-state index in [9.17, 15) is 0 Å². The van der Waals surface area contributed by atoms with Crippen molar-refractivity contribution in [1.82, 2.24) is 10.3 Å². The molecule has 1 heterocycles. The lowest BCUT2D eigenvalue weighted by molar-refractivity contribution is 0.759. The average molecular weight is 389 g/mol. The number of aromatic nitrogens is 1. The van der Waals surface area contributed by atoms with Gasteiger partial charge in [-0.1, -0.05) is 74.0 Å². The minimum absolute atomic E-state index is 0.663. The van der Waals surface area contributed by atoms with Crippen molar-refractivity contribution in [3.8, 4) is 11.3 Å². The van der Waals surface area contributed by atoms with Gasteiger partial charge in [-0.15, -0.1) is 0 Å². The highest BCUT2D eigenvalue weighted by atomic mass is 32.1. The molecule has 0 aliphatic carbocycles. The fourth-order valence-corrected chi connectivity index (χ4v) is 3.69. The predicted octanol–water partition coefficient (Wildman–Crippen LogP) is 4.47. The van der Waals surface area contributed by atoms with Crippen LogP contribution >= 0.6 is 23.6 Å². The second-order valence-electron chi connectivity index (χ2n) is 6.30. The molecule has 1 aromatic heterocycles. The second-order valence-corrected chi connectivity index (χ2v) is 7.72. The van der Waals surface area contributed by atoms with Crippen LogP contribution in [0.4, 0.5) is 5.00 Å². The number of nitrogens with zero attached hydrogens (tertiary/aromatic N) is 2. The van der Waals surface area contributed by atoms with Crippen LogP contribution in [-0.2, 0) is 0 Å². The van der Waals surface area contributed by atoms with Crippen molar-refractivity contribution < 1.29 is 0 Å². The van der Waals surface area contributed by atoms with Crippen molar-refractivity contribution in [1.29, 1.82) is 0 Å². The van der Waals surface area contributed by atoms with E-state index in [1.807, 2.05) is 12.1 Å². The number of unbranched alkanes of at least 4 members (excludes halogenated alkanes) is 2. The van der Waals surface area contributed by atoms with Crippen molar-refractivity contribution in [3.05, 3.63) is 40.2 Å². The summed E-state index contributed by atoms with van der Waals surface area (Å²) in [6.07, 6.45) is 4.35. The molecule has 0 amide bonds. The fraction of sp³-hybridized carbons (Fsp3) is 0.450. The van der Waals surface area contributed by atoms with Gasteiger partial charge >= 0.3 is 0 Å². The Morgan fingerprint density at radius 2 is 2.04 bits per heavy atom. The van der Waals surface area contributed by atoms with Gasteiger partial charge in [0.15, 0.2) is 0 Å². The molecule has 0 bridgehead atoms. The Morgan fingerprint density at radius 3 is 2.73 bits per heavy atom. The molecule has 0 saturated carbocycles. The van der Waals surface area contributed by atoms with Gasteiger partial charge in [0.25, 0.3) is 0 Å². The Morgan fingerprint density at radius 1 is 1.27 bits per heavy atom. The molecular formula is C20H28N4S2. The van der Waals surface area contributed by atoms with Gasteiger partial charge in [-0.05, 0) is 25.8 Å². The first-order valence-electron chi connectivity index (χ1n) is 9.23. The molecule has 0 unspecified atom stereocenters. The van der Waals surface area contributed by atoms with Crippen LogP contribution in [0.3, 0.4) is 0 Å². The Kier molecular flexibility index (Phi) is 8.19. The lowest BCUT2D eigenvalue weighted by Crippen LogP contribution is -2.26. The van der Waals surface area contributed by atoms with Gasteiger partial charge in [0.05, 0.1) is 11.3 Å². The van der Waals surface area contributed by atoms with E-state index in [1.165, 1.54) is 16.9 Å². The van der Waals surface area contributed by atoms with Crippen LogP contribution < -0.4 is 15.9 Å². The zero-order chi connectivity index (χ0) is 18.9. The molecule has 3 N–H and O–H groups in total. The number of rotatable bonds is 8. The second kappa shape index (κ2) is 10.4. The number of thiocarbonyl (C=S) groups is 1. The highest BCUT2D eigenvalue weighted by molar-refractivity contribution is 7.80. The van der Waals surface area contributed by atoms with Gasteiger partial charge in [0.2, 0.25) is 4.80 Å². The maximum atomic E-state index is 6.40. The molecule has 0 aliphatic heterocycles. The number of benzene rings is 1. The summed E-state index contributed by atoms with van der Waals surface area (Å²) in [5, 5.41) is 3.99. The molecule has 26 heavy (non-hydrogen) atoms. The molecular weight excluding hydrogens is 360 g/mol. The van der Waals surface area contributed by atoms with Crippen LogP contribution in [0.15, 0.2) is 29.3 Å². The highest BCUT2D eigenvalue weighted by Gasteiger charge is 2.16. The molecule has 0 radical (unpaired) electrons. The molecule has 2 rings (SSSR count). The third kappa shape index (κ3) is 5.61. The van der Waals surface area contributed by atoms with E-state index < -0.39 is 0 Å². The van der Waals surface area contributed by atoms with E-state index in [0.717, 1.165) is 55.6 Å². The van der Waals surface area contributed by atoms with Crippen LogP contribution in [0, 0.1) is 6.92 Å². The zero-order valence-corrected chi connectivity index (χ0v) is 17.5. The summed E-state index contributed by atoms with van der Waals surface area (Å²) in [7, 11) is 0. The highest BCUT2D eigenvalue weighted by Crippen LogP contribution is 2.27. The minimum Gasteiger partial charge on any atom is -0.390 e. The summed E-state index contributed by atoms with van der Waals surface area (Å²) < 4.78 is 0. The first-order chi connectivity index (χ1) is 12.6. The van der Waals surface area contributed by atoms with Crippen molar-refractivity contribution in [3.63, 3.8) is 0 Å². The lowest BCUT2D eigenvalue weighted by Gasteiger charge is -2.14. The molecule has 2 aromatic rings. The summed E-state index contributed by atoms with van der Waals surface area (Å²) >= 11 is 7.04. The third-order valence-corrected chi connectivity index (χ3v) is 5.16. The van der Waals surface area contributed by atoms with Gasteiger partial charge in [0.1, 0.15) is 9.99 Å². The van der Waals surface area contributed by atoms with E-state index in [4.69, 9.17) is 22.9 Å². The first-order valence-corrected chi connectivity index (χ1v) is 10.5. The van der Waals surface area contributed by atoms with Crippen molar-refractivity contribution in [2.75, 3.05) is 18.8 Å². The molecule has 0 fully saturated rings. The van der Waals surface area contributed by atoms with Crippen molar-refractivity contribution in [2.24, 2.45) is 4.99 Å². The van der Waals surface area contributed by atoms with E-state index >= 15 is 0 Å². The average Bonchev–Trinajstić information content (AvgIpc) is 2.61. The third-order valence-electron chi connectivity index (χ3n) is 3.99. The van der Waals surface area contributed by atoms with Crippen LogP contribution in [0.2, 0.25) is 0 Å².